The van der Waals surface area contributed by atoms with E-state index in [4.69, 9.17) is 9.47 Å². The third kappa shape index (κ3) is 5.84. The normalized spacial score (nSPS) is 10.3. The van der Waals surface area contributed by atoms with Crippen LogP contribution in [0.4, 0.5) is 5.69 Å². The SMILES string of the molecule is C=CCc1cc(CNNc2ccccc2)cc(OCC)c1OCCC. The Kier molecular flexibility index (Phi) is 7.86. The summed E-state index contributed by atoms with van der Waals surface area (Å²) in [6.07, 6.45) is 3.60. The van der Waals surface area contributed by atoms with Crippen LogP contribution in [0.5, 0.6) is 11.5 Å². The maximum Gasteiger partial charge on any atom is 0.164 e. The first-order valence-electron chi connectivity index (χ1n) is 8.84. The van der Waals surface area contributed by atoms with Gasteiger partial charge in [0, 0.05) is 17.8 Å². The molecule has 2 rings (SSSR count). The molecule has 0 atom stereocenters. The Labute approximate surface area is 150 Å². The Morgan fingerprint density at radius 2 is 1.88 bits per heavy atom. The van der Waals surface area contributed by atoms with Crippen molar-refractivity contribution in [2.75, 3.05) is 18.6 Å². The first-order chi connectivity index (χ1) is 12.3. The summed E-state index contributed by atoms with van der Waals surface area (Å²) < 4.78 is 11.8. The maximum absolute atomic E-state index is 5.94. The molecule has 134 valence electrons. The van der Waals surface area contributed by atoms with Crippen molar-refractivity contribution in [2.45, 2.75) is 33.2 Å². The molecule has 0 bridgehead atoms. The molecule has 0 amide bonds. The second kappa shape index (κ2) is 10.4. The van der Waals surface area contributed by atoms with E-state index < -0.39 is 0 Å². The van der Waals surface area contributed by atoms with Crippen molar-refractivity contribution in [2.24, 2.45) is 0 Å². The molecule has 0 saturated heterocycles. The minimum Gasteiger partial charge on any atom is -0.490 e. The summed E-state index contributed by atoms with van der Waals surface area (Å²) in [7, 11) is 0. The van der Waals surface area contributed by atoms with E-state index in [0.717, 1.165) is 41.2 Å². The molecule has 4 heteroatoms. The molecule has 0 aliphatic heterocycles. The zero-order valence-corrected chi connectivity index (χ0v) is 15.2. The number of hydrazine groups is 1. The van der Waals surface area contributed by atoms with Crippen LogP contribution in [0.2, 0.25) is 0 Å². The molecule has 2 aromatic carbocycles. The van der Waals surface area contributed by atoms with Crippen molar-refractivity contribution in [1.29, 1.82) is 0 Å². The Balaban J connectivity index is 2.14. The number of hydrogen-bond donors (Lipinski definition) is 2. The molecule has 0 aliphatic rings. The van der Waals surface area contributed by atoms with E-state index in [1.807, 2.05) is 49.4 Å². The standard InChI is InChI=1S/C21H28N2O2/c1-4-10-18-14-17(16-22-23-19-11-8-7-9-12-19)15-20(24-6-3)21(18)25-13-5-2/h4,7-9,11-12,14-15,22-23H,1,5-6,10,13,16H2,2-3H3. The summed E-state index contributed by atoms with van der Waals surface area (Å²) in [5.74, 6) is 1.63. The van der Waals surface area contributed by atoms with Gasteiger partial charge in [-0.2, -0.15) is 0 Å². The summed E-state index contributed by atoms with van der Waals surface area (Å²) >= 11 is 0. The van der Waals surface area contributed by atoms with E-state index in [0.29, 0.717) is 19.8 Å². The lowest BCUT2D eigenvalue weighted by Gasteiger charge is -2.17. The number of allylic oxidation sites excluding steroid dienone is 1. The largest absolute Gasteiger partial charge is 0.490 e. The smallest absolute Gasteiger partial charge is 0.164 e. The number of para-hydroxylation sites is 1. The number of hydrogen-bond acceptors (Lipinski definition) is 4. The average Bonchev–Trinajstić information content (AvgIpc) is 2.62. The van der Waals surface area contributed by atoms with Crippen LogP contribution in [-0.4, -0.2) is 13.2 Å². The summed E-state index contributed by atoms with van der Waals surface area (Å²) in [4.78, 5) is 0. The first kappa shape index (κ1) is 18.9. The molecule has 0 radical (unpaired) electrons. The monoisotopic (exact) mass is 340 g/mol. The van der Waals surface area contributed by atoms with Gasteiger partial charge < -0.3 is 14.9 Å². The van der Waals surface area contributed by atoms with Crippen molar-refractivity contribution in [3.8, 4) is 11.5 Å². The first-order valence-corrected chi connectivity index (χ1v) is 8.84. The highest BCUT2D eigenvalue weighted by Crippen LogP contribution is 2.34. The lowest BCUT2D eigenvalue weighted by molar-refractivity contribution is 0.274. The van der Waals surface area contributed by atoms with Gasteiger partial charge in [0.2, 0.25) is 0 Å². The predicted octanol–water partition coefficient (Wildman–Crippen LogP) is 4.72. The van der Waals surface area contributed by atoms with Gasteiger partial charge in [-0.1, -0.05) is 37.3 Å². The molecule has 0 fully saturated rings. The molecule has 4 nitrogen and oxygen atoms in total. The quantitative estimate of drug-likeness (QED) is 0.459. The molecule has 2 aromatic rings. The maximum atomic E-state index is 5.94. The topological polar surface area (TPSA) is 42.5 Å². The Bertz CT molecular complexity index is 656. The molecule has 0 saturated carbocycles. The van der Waals surface area contributed by atoms with Gasteiger partial charge in [-0.05, 0) is 43.5 Å². The van der Waals surface area contributed by atoms with E-state index in [2.05, 4.69) is 30.4 Å². The summed E-state index contributed by atoms with van der Waals surface area (Å²) in [6, 6.07) is 14.2. The highest BCUT2D eigenvalue weighted by atomic mass is 16.5. The van der Waals surface area contributed by atoms with Crippen molar-refractivity contribution >= 4 is 5.69 Å². The molecular weight excluding hydrogens is 312 g/mol. The fourth-order valence-electron chi connectivity index (χ4n) is 2.53. The third-order valence-electron chi connectivity index (χ3n) is 3.61. The van der Waals surface area contributed by atoms with Gasteiger partial charge in [0.25, 0.3) is 0 Å². The summed E-state index contributed by atoms with van der Waals surface area (Å²) in [6.45, 7) is 9.90. The Hall–Kier alpha value is -2.46. The number of benzene rings is 2. The van der Waals surface area contributed by atoms with Gasteiger partial charge in [0.05, 0.1) is 13.2 Å². The van der Waals surface area contributed by atoms with E-state index in [9.17, 15) is 0 Å². The van der Waals surface area contributed by atoms with Crippen LogP contribution in [0.3, 0.4) is 0 Å². The molecule has 0 heterocycles. The van der Waals surface area contributed by atoms with Crippen molar-refractivity contribution in [3.05, 3.63) is 66.2 Å². The van der Waals surface area contributed by atoms with Gasteiger partial charge in [-0.25, -0.2) is 5.43 Å². The third-order valence-corrected chi connectivity index (χ3v) is 3.61. The van der Waals surface area contributed by atoms with Crippen molar-refractivity contribution < 1.29 is 9.47 Å². The van der Waals surface area contributed by atoms with E-state index in [-0.39, 0.29) is 0 Å². The fourth-order valence-corrected chi connectivity index (χ4v) is 2.53. The molecule has 0 aliphatic carbocycles. The molecule has 25 heavy (non-hydrogen) atoms. The van der Waals surface area contributed by atoms with Crippen molar-refractivity contribution in [3.63, 3.8) is 0 Å². The zero-order chi connectivity index (χ0) is 17.9. The Morgan fingerprint density at radius 3 is 2.56 bits per heavy atom. The Morgan fingerprint density at radius 1 is 1.08 bits per heavy atom. The predicted molar refractivity (Wildman–Crippen MR) is 104 cm³/mol. The highest BCUT2D eigenvalue weighted by Gasteiger charge is 2.13. The van der Waals surface area contributed by atoms with Crippen LogP contribution in [0.1, 0.15) is 31.4 Å². The molecule has 0 unspecified atom stereocenters. The minimum atomic E-state index is 0.606. The van der Waals surface area contributed by atoms with Gasteiger partial charge in [0.1, 0.15) is 0 Å². The van der Waals surface area contributed by atoms with Crippen LogP contribution in [0.15, 0.2) is 55.1 Å². The second-order valence-electron chi connectivity index (χ2n) is 5.70. The lowest BCUT2D eigenvalue weighted by Crippen LogP contribution is -2.21. The van der Waals surface area contributed by atoms with Crippen LogP contribution in [0, 0.1) is 0 Å². The van der Waals surface area contributed by atoms with Crippen molar-refractivity contribution in [1.82, 2.24) is 5.43 Å². The van der Waals surface area contributed by atoms with E-state index in [1.165, 1.54) is 0 Å². The molecule has 0 spiro atoms. The molecule has 0 aromatic heterocycles. The van der Waals surface area contributed by atoms with Gasteiger partial charge in [-0.3, -0.25) is 0 Å². The summed E-state index contributed by atoms with van der Waals surface area (Å²) in [5, 5.41) is 0. The fraction of sp³-hybridized carbons (Fsp3) is 0.333. The van der Waals surface area contributed by atoms with Crippen LogP contribution >= 0.6 is 0 Å². The van der Waals surface area contributed by atoms with Gasteiger partial charge in [-0.15, -0.1) is 6.58 Å². The van der Waals surface area contributed by atoms with Crippen LogP contribution in [0.25, 0.3) is 0 Å². The number of rotatable bonds is 11. The second-order valence-corrected chi connectivity index (χ2v) is 5.70. The van der Waals surface area contributed by atoms with Crippen LogP contribution < -0.4 is 20.3 Å². The van der Waals surface area contributed by atoms with E-state index >= 15 is 0 Å². The van der Waals surface area contributed by atoms with Gasteiger partial charge in [0.15, 0.2) is 11.5 Å². The number of anilines is 1. The number of ether oxygens (including phenoxy) is 2. The van der Waals surface area contributed by atoms with Crippen LogP contribution in [-0.2, 0) is 13.0 Å². The number of nitrogens with one attached hydrogen (secondary N) is 2. The lowest BCUT2D eigenvalue weighted by atomic mass is 10.1. The summed E-state index contributed by atoms with van der Waals surface area (Å²) in [5.41, 5.74) is 9.71. The van der Waals surface area contributed by atoms with Gasteiger partial charge >= 0.3 is 0 Å². The zero-order valence-electron chi connectivity index (χ0n) is 15.2. The van der Waals surface area contributed by atoms with E-state index in [1.54, 1.807) is 0 Å². The molecular formula is C21H28N2O2. The average molecular weight is 340 g/mol. The molecule has 2 N–H and O–H groups in total. The minimum absolute atomic E-state index is 0.606. The highest BCUT2D eigenvalue weighted by molar-refractivity contribution is 5.50.